The minimum atomic E-state index is 0.0637. The SMILES string of the molecule is C=CCCC(CC)(OC)C(C)C. The van der Waals surface area contributed by atoms with Gasteiger partial charge in [0.05, 0.1) is 5.60 Å². The molecule has 12 heavy (non-hydrogen) atoms. The molecule has 1 atom stereocenters. The standard InChI is InChI=1S/C11H22O/c1-6-8-9-11(7-2,12-5)10(3)4/h6,10H,1,7-9H2,2-5H3. The second-order valence-electron chi connectivity index (χ2n) is 3.60. The van der Waals surface area contributed by atoms with Crippen molar-refractivity contribution >= 4 is 0 Å². The first-order valence-electron chi connectivity index (χ1n) is 4.79. The molecule has 0 amide bonds. The molecule has 0 spiro atoms. The van der Waals surface area contributed by atoms with Crippen LogP contribution in [0.1, 0.15) is 40.0 Å². The van der Waals surface area contributed by atoms with Crippen molar-refractivity contribution in [3.63, 3.8) is 0 Å². The highest BCUT2D eigenvalue weighted by molar-refractivity contribution is 4.85. The van der Waals surface area contributed by atoms with Gasteiger partial charge in [-0.25, -0.2) is 0 Å². The molecule has 0 saturated heterocycles. The molecular formula is C11H22O. The van der Waals surface area contributed by atoms with Crippen molar-refractivity contribution < 1.29 is 4.74 Å². The Morgan fingerprint density at radius 3 is 2.33 bits per heavy atom. The molecule has 0 fully saturated rings. The van der Waals surface area contributed by atoms with Gasteiger partial charge in [0.1, 0.15) is 0 Å². The molecule has 0 saturated carbocycles. The van der Waals surface area contributed by atoms with Crippen LogP contribution in [0.25, 0.3) is 0 Å². The third-order valence-electron chi connectivity index (χ3n) is 2.83. The zero-order valence-corrected chi connectivity index (χ0v) is 8.89. The lowest BCUT2D eigenvalue weighted by atomic mass is 9.83. The summed E-state index contributed by atoms with van der Waals surface area (Å²) in [5.41, 5.74) is 0.0637. The van der Waals surface area contributed by atoms with Crippen molar-refractivity contribution in [2.75, 3.05) is 7.11 Å². The molecule has 0 aliphatic carbocycles. The molecular weight excluding hydrogens is 148 g/mol. The Bertz CT molecular complexity index is 123. The van der Waals surface area contributed by atoms with Crippen LogP contribution in [0.2, 0.25) is 0 Å². The van der Waals surface area contributed by atoms with E-state index in [2.05, 4.69) is 27.4 Å². The van der Waals surface area contributed by atoms with Gasteiger partial charge in [-0.15, -0.1) is 6.58 Å². The summed E-state index contributed by atoms with van der Waals surface area (Å²) in [5, 5.41) is 0. The summed E-state index contributed by atoms with van der Waals surface area (Å²) < 4.78 is 5.60. The molecule has 0 heterocycles. The smallest absolute Gasteiger partial charge is 0.0701 e. The van der Waals surface area contributed by atoms with E-state index in [4.69, 9.17) is 4.74 Å². The van der Waals surface area contributed by atoms with Crippen molar-refractivity contribution in [3.05, 3.63) is 12.7 Å². The van der Waals surface area contributed by atoms with Crippen LogP contribution in [0, 0.1) is 5.92 Å². The summed E-state index contributed by atoms with van der Waals surface area (Å²) in [6, 6.07) is 0. The van der Waals surface area contributed by atoms with Crippen LogP contribution in [0.5, 0.6) is 0 Å². The van der Waals surface area contributed by atoms with Crippen LogP contribution >= 0.6 is 0 Å². The first kappa shape index (κ1) is 11.7. The van der Waals surface area contributed by atoms with Gasteiger partial charge in [0.2, 0.25) is 0 Å². The molecule has 0 N–H and O–H groups in total. The average molecular weight is 170 g/mol. The van der Waals surface area contributed by atoms with Crippen molar-refractivity contribution in [1.82, 2.24) is 0 Å². The molecule has 1 heteroatoms. The van der Waals surface area contributed by atoms with Gasteiger partial charge in [0.15, 0.2) is 0 Å². The molecule has 72 valence electrons. The summed E-state index contributed by atoms with van der Waals surface area (Å²) in [5.74, 6) is 0.576. The lowest BCUT2D eigenvalue weighted by molar-refractivity contribution is -0.0565. The fraction of sp³-hybridized carbons (Fsp3) is 0.818. The van der Waals surface area contributed by atoms with Crippen molar-refractivity contribution in [2.24, 2.45) is 5.92 Å². The van der Waals surface area contributed by atoms with Crippen LogP contribution < -0.4 is 0 Å². The Morgan fingerprint density at radius 1 is 1.50 bits per heavy atom. The Kier molecular flexibility index (Phi) is 5.23. The van der Waals surface area contributed by atoms with Gasteiger partial charge in [0.25, 0.3) is 0 Å². The molecule has 0 aliphatic rings. The molecule has 1 unspecified atom stereocenters. The third kappa shape index (κ3) is 2.63. The summed E-state index contributed by atoms with van der Waals surface area (Å²) in [7, 11) is 1.81. The minimum Gasteiger partial charge on any atom is -0.378 e. The van der Waals surface area contributed by atoms with Gasteiger partial charge in [-0.2, -0.15) is 0 Å². The fourth-order valence-corrected chi connectivity index (χ4v) is 1.70. The van der Waals surface area contributed by atoms with Crippen LogP contribution in [0.4, 0.5) is 0 Å². The van der Waals surface area contributed by atoms with Gasteiger partial charge >= 0.3 is 0 Å². The van der Waals surface area contributed by atoms with Crippen molar-refractivity contribution in [1.29, 1.82) is 0 Å². The minimum absolute atomic E-state index is 0.0637. The van der Waals surface area contributed by atoms with E-state index in [1.165, 1.54) is 0 Å². The quantitative estimate of drug-likeness (QED) is 0.555. The second kappa shape index (κ2) is 5.36. The number of rotatable bonds is 6. The first-order valence-corrected chi connectivity index (χ1v) is 4.79. The maximum Gasteiger partial charge on any atom is 0.0701 e. The van der Waals surface area contributed by atoms with Gasteiger partial charge in [-0.1, -0.05) is 26.8 Å². The summed E-state index contributed by atoms with van der Waals surface area (Å²) >= 11 is 0. The number of methoxy groups -OCH3 is 1. The molecule has 0 rings (SSSR count). The van der Waals surface area contributed by atoms with Crippen LogP contribution in [0.15, 0.2) is 12.7 Å². The first-order chi connectivity index (χ1) is 5.63. The van der Waals surface area contributed by atoms with Crippen LogP contribution in [0.3, 0.4) is 0 Å². The Balaban J connectivity index is 4.24. The zero-order valence-electron chi connectivity index (χ0n) is 8.89. The number of hydrogen-bond donors (Lipinski definition) is 0. The van der Waals surface area contributed by atoms with Gasteiger partial charge in [-0.05, 0) is 25.2 Å². The maximum absolute atomic E-state index is 5.60. The van der Waals surface area contributed by atoms with E-state index in [-0.39, 0.29) is 5.60 Å². The molecule has 0 aliphatic heterocycles. The van der Waals surface area contributed by atoms with Gasteiger partial charge in [0, 0.05) is 7.11 Å². The number of hydrogen-bond acceptors (Lipinski definition) is 1. The molecule has 0 aromatic carbocycles. The lowest BCUT2D eigenvalue weighted by Gasteiger charge is -2.35. The van der Waals surface area contributed by atoms with Crippen molar-refractivity contribution in [3.8, 4) is 0 Å². The molecule has 0 bridgehead atoms. The largest absolute Gasteiger partial charge is 0.378 e. The van der Waals surface area contributed by atoms with E-state index in [1.54, 1.807) is 0 Å². The molecule has 0 aromatic rings. The molecule has 1 nitrogen and oxygen atoms in total. The highest BCUT2D eigenvalue weighted by atomic mass is 16.5. The Morgan fingerprint density at radius 2 is 2.08 bits per heavy atom. The summed E-state index contributed by atoms with van der Waals surface area (Å²) in [4.78, 5) is 0. The monoisotopic (exact) mass is 170 g/mol. The lowest BCUT2D eigenvalue weighted by Crippen LogP contribution is -2.36. The normalized spacial score (nSPS) is 16.1. The summed E-state index contributed by atoms with van der Waals surface area (Å²) in [6.07, 6.45) is 5.17. The highest BCUT2D eigenvalue weighted by Crippen LogP contribution is 2.30. The number of ether oxygens (including phenoxy) is 1. The van der Waals surface area contributed by atoms with E-state index in [0.29, 0.717) is 5.92 Å². The predicted octanol–water partition coefficient (Wildman–Crippen LogP) is 3.40. The number of allylic oxidation sites excluding steroid dienone is 1. The highest BCUT2D eigenvalue weighted by Gasteiger charge is 2.30. The summed E-state index contributed by atoms with van der Waals surface area (Å²) in [6.45, 7) is 10.4. The third-order valence-corrected chi connectivity index (χ3v) is 2.83. The van der Waals surface area contributed by atoms with E-state index in [9.17, 15) is 0 Å². The Hall–Kier alpha value is -0.300. The molecule has 0 aromatic heterocycles. The second-order valence-corrected chi connectivity index (χ2v) is 3.60. The Labute approximate surface area is 76.8 Å². The topological polar surface area (TPSA) is 9.23 Å². The average Bonchev–Trinajstić information content (AvgIpc) is 2.07. The van der Waals surface area contributed by atoms with Crippen molar-refractivity contribution in [2.45, 2.75) is 45.6 Å². The van der Waals surface area contributed by atoms with E-state index < -0.39 is 0 Å². The fourth-order valence-electron chi connectivity index (χ4n) is 1.70. The van der Waals surface area contributed by atoms with Crippen LogP contribution in [-0.2, 0) is 4.74 Å². The van der Waals surface area contributed by atoms with E-state index in [1.807, 2.05) is 13.2 Å². The molecule has 0 radical (unpaired) electrons. The van der Waals surface area contributed by atoms with E-state index in [0.717, 1.165) is 19.3 Å². The zero-order chi connectivity index (χ0) is 9.61. The van der Waals surface area contributed by atoms with E-state index >= 15 is 0 Å². The maximum atomic E-state index is 5.60. The van der Waals surface area contributed by atoms with Crippen LogP contribution in [-0.4, -0.2) is 12.7 Å². The van der Waals surface area contributed by atoms with Gasteiger partial charge in [-0.3, -0.25) is 0 Å². The van der Waals surface area contributed by atoms with Gasteiger partial charge < -0.3 is 4.74 Å². The predicted molar refractivity (Wildman–Crippen MR) is 54.3 cm³/mol.